The van der Waals surface area contributed by atoms with Crippen molar-refractivity contribution in [3.63, 3.8) is 0 Å². The minimum absolute atomic E-state index is 0.304. The zero-order valence-corrected chi connectivity index (χ0v) is 11.0. The van der Waals surface area contributed by atoms with Gasteiger partial charge in [-0.15, -0.1) is 0 Å². The third-order valence-corrected chi connectivity index (χ3v) is 3.24. The smallest absolute Gasteiger partial charge is 0.128 e. The first-order chi connectivity index (χ1) is 9.65. The highest BCUT2D eigenvalue weighted by Gasteiger charge is 2.09. The predicted octanol–water partition coefficient (Wildman–Crippen LogP) is 3.57. The van der Waals surface area contributed by atoms with E-state index in [1.807, 2.05) is 36.5 Å². The molecule has 2 aromatic carbocycles. The van der Waals surface area contributed by atoms with Crippen LogP contribution in [0.25, 0.3) is 16.8 Å². The number of nitrogen functional groups attached to an aromatic ring is 1. The fraction of sp³-hybridized carbons (Fsp3) is 0.0625. The molecule has 0 saturated heterocycles. The summed E-state index contributed by atoms with van der Waals surface area (Å²) in [5, 5.41) is 4.31. The number of nitrogens with two attached hydrogens (primary N) is 1. The highest BCUT2D eigenvalue weighted by molar-refractivity contribution is 5.64. The first kappa shape index (κ1) is 12.4. The van der Waals surface area contributed by atoms with E-state index < -0.39 is 0 Å². The summed E-state index contributed by atoms with van der Waals surface area (Å²) in [7, 11) is 0. The van der Waals surface area contributed by atoms with Crippen LogP contribution in [0.15, 0.2) is 54.9 Å². The molecule has 0 aliphatic heterocycles. The van der Waals surface area contributed by atoms with Gasteiger partial charge in [0.25, 0.3) is 0 Å². The molecule has 0 unspecified atom stereocenters. The molecule has 3 aromatic rings. The Bertz CT molecular complexity index is 748. The number of benzene rings is 2. The van der Waals surface area contributed by atoms with Gasteiger partial charge in [0.1, 0.15) is 5.82 Å². The molecule has 0 atom stereocenters. The molecule has 20 heavy (non-hydrogen) atoms. The van der Waals surface area contributed by atoms with Crippen LogP contribution in [0.2, 0.25) is 0 Å². The Kier molecular flexibility index (Phi) is 2.99. The first-order valence-corrected chi connectivity index (χ1v) is 6.31. The van der Waals surface area contributed by atoms with Crippen LogP contribution in [0.4, 0.5) is 10.1 Å². The van der Waals surface area contributed by atoms with E-state index in [9.17, 15) is 4.39 Å². The normalized spacial score (nSPS) is 10.7. The molecule has 1 aromatic heterocycles. The zero-order chi connectivity index (χ0) is 14.1. The molecule has 0 amide bonds. The minimum atomic E-state index is -0.304. The van der Waals surface area contributed by atoms with Crippen molar-refractivity contribution in [1.82, 2.24) is 9.78 Å². The summed E-state index contributed by atoms with van der Waals surface area (Å²) in [6.45, 7) is 1.71. The van der Waals surface area contributed by atoms with E-state index in [2.05, 4.69) is 5.10 Å². The van der Waals surface area contributed by atoms with Crippen molar-refractivity contribution in [3.05, 3.63) is 66.2 Å². The largest absolute Gasteiger partial charge is 0.397 e. The van der Waals surface area contributed by atoms with Crippen molar-refractivity contribution in [3.8, 4) is 16.8 Å². The lowest BCUT2D eigenvalue weighted by Crippen LogP contribution is -2.02. The molecule has 1 heterocycles. The van der Waals surface area contributed by atoms with Crippen LogP contribution in [0.1, 0.15) is 5.56 Å². The van der Waals surface area contributed by atoms with Gasteiger partial charge in [-0.25, -0.2) is 9.07 Å². The average Bonchev–Trinajstić information content (AvgIpc) is 2.93. The number of hydrogen-bond acceptors (Lipinski definition) is 2. The molecule has 0 bridgehead atoms. The Morgan fingerprint density at radius 3 is 2.60 bits per heavy atom. The fourth-order valence-corrected chi connectivity index (χ4v) is 2.11. The lowest BCUT2D eigenvalue weighted by atomic mass is 10.1. The monoisotopic (exact) mass is 267 g/mol. The Morgan fingerprint density at radius 2 is 1.85 bits per heavy atom. The highest BCUT2D eigenvalue weighted by Crippen LogP contribution is 2.24. The van der Waals surface area contributed by atoms with Crippen molar-refractivity contribution in [2.24, 2.45) is 0 Å². The zero-order valence-electron chi connectivity index (χ0n) is 11.0. The molecule has 0 radical (unpaired) electrons. The molecule has 2 N–H and O–H groups in total. The van der Waals surface area contributed by atoms with Gasteiger partial charge in [-0.1, -0.05) is 30.3 Å². The Morgan fingerprint density at radius 1 is 1.10 bits per heavy atom. The van der Waals surface area contributed by atoms with Crippen LogP contribution in [0.5, 0.6) is 0 Å². The van der Waals surface area contributed by atoms with E-state index in [0.29, 0.717) is 16.9 Å². The van der Waals surface area contributed by atoms with Gasteiger partial charge in [-0.05, 0) is 30.2 Å². The molecule has 0 aliphatic rings. The van der Waals surface area contributed by atoms with E-state index in [1.54, 1.807) is 23.9 Å². The summed E-state index contributed by atoms with van der Waals surface area (Å²) in [6.07, 6.45) is 3.66. The van der Waals surface area contributed by atoms with Crippen LogP contribution >= 0.6 is 0 Å². The van der Waals surface area contributed by atoms with Crippen molar-refractivity contribution < 1.29 is 4.39 Å². The van der Waals surface area contributed by atoms with Crippen LogP contribution in [-0.2, 0) is 0 Å². The number of halogens is 1. The van der Waals surface area contributed by atoms with Gasteiger partial charge in [0.15, 0.2) is 0 Å². The number of aryl methyl sites for hydroxylation is 1. The highest BCUT2D eigenvalue weighted by atomic mass is 19.1. The quantitative estimate of drug-likeness (QED) is 0.721. The van der Waals surface area contributed by atoms with Gasteiger partial charge in [0.05, 0.1) is 17.6 Å². The average molecular weight is 267 g/mol. The second kappa shape index (κ2) is 4.81. The summed E-state index contributed by atoms with van der Waals surface area (Å²) in [4.78, 5) is 0. The Balaban J connectivity index is 2.05. The van der Waals surface area contributed by atoms with E-state index in [1.165, 1.54) is 6.07 Å². The molecular weight excluding hydrogens is 253 g/mol. The summed E-state index contributed by atoms with van der Waals surface area (Å²) in [5.74, 6) is -0.304. The van der Waals surface area contributed by atoms with E-state index in [-0.39, 0.29) is 5.82 Å². The molecule has 3 rings (SSSR count). The van der Waals surface area contributed by atoms with E-state index >= 15 is 0 Å². The molecular formula is C16H14FN3. The first-order valence-electron chi connectivity index (χ1n) is 6.31. The van der Waals surface area contributed by atoms with Gasteiger partial charge in [0.2, 0.25) is 0 Å². The van der Waals surface area contributed by atoms with Crippen molar-refractivity contribution >= 4 is 5.69 Å². The third-order valence-electron chi connectivity index (χ3n) is 3.24. The fourth-order valence-electron chi connectivity index (χ4n) is 2.11. The summed E-state index contributed by atoms with van der Waals surface area (Å²) in [6, 6.07) is 13.0. The van der Waals surface area contributed by atoms with Crippen LogP contribution in [0, 0.1) is 12.7 Å². The number of anilines is 1. The summed E-state index contributed by atoms with van der Waals surface area (Å²) < 4.78 is 15.1. The van der Waals surface area contributed by atoms with Gasteiger partial charge in [-0.2, -0.15) is 5.10 Å². The number of hydrogen-bond donors (Lipinski definition) is 1. The van der Waals surface area contributed by atoms with Gasteiger partial charge in [-0.3, -0.25) is 0 Å². The van der Waals surface area contributed by atoms with E-state index in [0.717, 1.165) is 11.1 Å². The molecule has 3 nitrogen and oxygen atoms in total. The minimum Gasteiger partial charge on any atom is -0.397 e. The summed E-state index contributed by atoms with van der Waals surface area (Å²) in [5.41, 5.74) is 9.55. The number of nitrogens with zero attached hydrogens (tertiary/aromatic N) is 2. The van der Waals surface area contributed by atoms with E-state index in [4.69, 9.17) is 5.73 Å². The standard InChI is InChI=1S/C16H14FN3/c1-11-7-16(15(18)8-14(11)17)20-10-13(9-19-20)12-5-3-2-4-6-12/h2-10H,18H2,1H3. The van der Waals surface area contributed by atoms with Gasteiger partial charge in [0, 0.05) is 11.8 Å². The van der Waals surface area contributed by atoms with Gasteiger partial charge >= 0.3 is 0 Å². The maximum Gasteiger partial charge on any atom is 0.128 e. The third kappa shape index (κ3) is 2.16. The maximum absolute atomic E-state index is 13.4. The molecule has 100 valence electrons. The Labute approximate surface area is 116 Å². The molecule has 0 fully saturated rings. The molecule has 0 aliphatic carbocycles. The van der Waals surface area contributed by atoms with Crippen LogP contribution in [-0.4, -0.2) is 9.78 Å². The lowest BCUT2D eigenvalue weighted by molar-refractivity contribution is 0.618. The second-order valence-electron chi connectivity index (χ2n) is 4.70. The van der Waals surface area contributed by atoms with Crippen molar-refractivity contribution in [2.75, 3.05) is 5.73 Å². The number of rotatable bonds is 2. The lowest BCUT2D eigenvalue weighted by Gasteiger charge is -2.07. The maximum atomic E-state index is 13.4. The predicted molar refractivity (Wildman–Crippen MR) is 78.1 cm³/mol. The topological polar surface area (TPSA) is 43.8 Å². The Hall–Kier alpha value is -2.62. The van der Waals surface area contributed by atoms with Crippen molar-refractivity contribution in [1.29, 1.82) is 0 Å². The molecule has 4 heteroatoms. The molecule has 0 spiro atoms. The van der Waals surface area contributed by atoms with Crippen LogP contribution in [0.3, 0.4) is 0 Å². The second-order valence-corrected chi connectivity index (χ2v) is 4.70. The van der Waals surface area contributed by atoms with Crippen LogP contribution < -0.4 is 5.73 Å². The SMILES string of the molecule is Cc1cc(-n2cc(-c3ccccc3)cn2)c(N)cc1F. The summed E-state index contributed by atoms with van der Waals surface area (Å²) >= 11 is 0. The molecule has 0 saturated carbocycles. The van der Waals surface area contributed by atoms with Crippen molar-refractivity contribution in [2.45, 2.75) is 6.92 Å². The van der Waals surface area contributed by atoms with Gasteiger partial charge < -0.3 is 5.73 Å². The number of aromatic nitrogens is 2.